The third-order valence-corrected chi connectivity index (χ3v) is 3.46. The topological polar surface area (TPSA) is 68.3 Å². The lowest BCUT2D eigenvalue weighted by Gasteiger charge is -2.21. The van der Waals surface area contributed by atoms with Crippen molar-refractivity contribution >= 4 is 29.3 Å². The van der Waals surface area contributed by atoms with Crippen LogP contribution in [0.5, 0.6) is 0 Å². The molecule has 1 amide bonds. The molecule has 0 spiro atoms. The average molecular weight is 283 g/mol. The highest BCUT2D eigenvalue weighted by atomic mass is 35.5. The van der Waals surface area contributed by atoms with Crippen LogP contribution in [0, 0.1) is 5.92 Å². The number of aromatic nitrogens is 1. The first kappa shape index (κ1) is 13.8. The highest BCUT2D eigenvalue weighted by molar-refractivity contribution is 6.30. The van der Waals surface area contributed by atoms with Crippen LogP contribution in [-0.2, 0) is 14.3 Å². The fourth-order valence-corrected chi connectivity index (χ4v) is 2.16. The second-order valence-corrected chi connectivity index (χ2v) is 5.21. The molecule has 102 valence electrons. The van der Waals surface area contributed by atoms with Gasteiger partial charge in [0.2, 0.25) is 0 Å². The molecule has 1 N–H and O–H groups in total. The van der Waals surface area contributed by atoms with Crippen LogP contribution < -0.4 is 5.32 Å². The third-order valence-electron chi connectivity index (χ3n) is 3.24. The molecular formula is C13H15ClN2O3. The lowest BCUT2D eigenvalue weighted by molar-refractivity contribution is -0.155. The summed E-state index contributed by atoms with van der Waals surface area (Å²) < 4.78 is 5.21. The van der Waals surface area contributed by atoms with Crippen molar-refractivity contribution in [1.82, 2.24) is 4.98 Å². The summed E-state index contributed by atoms with van der Waals surface area (Å²) in [4.78, 5) is 27.7. The van der Waals surface area contributed by atoms with E-state index in [0.29, 0.717) is 23.7 Å². The van der Waals surface area contributed by atoms with Gasteiger partial charge in [0.15, 0.2) is 5.60 Å². The van der Waals surface area contributed by atoms with Crippen LogP contribution in [0.15, 0.2) is 18.3 Å². The van der Waals surface area contributed by atoms with Crippen LogP contribution in [0.4, 0.5) is 5.82 Å². The number of nitrogens with zero attached hydrogens (tertiary/aromatic N) is 1. The van der Waals surface area contributed by atoms with Gasteiger partial charge in [0.05, 0.1) is 10.9 Å². The first-order valence-electron chi connectivity index (χ1n) is 6.10. The summed E-state index contributed by atoms with van der Waals surface area (Å²) in [5.74, 6) is -0.517. The number of ether oxygens (including phenoxy) is 1. The third kappa shape index (κ3) is 2.87. The minimum absolute atomic E-state index is 0.214. The van der Waals surface area contributed by atoms with Crippen LogP contribution >= 0.6 is 11.6 Å². The van der Waals surface area contributed by atoms with Gasteiger partial charge in [0.1, 0.15) is 5.82 Å². The van der Waals surface area contributed by atoms with Gasteiger partial charge in [0, 0.05) is 12.6 Å². The van der Waals surface area contributed by atoms with E-state index in [1.165, 1.54) is 6.20 Å². The molecule has 2 heterocycles. The standard InChI is InChI=1S/C13H15ClN2O3/c1-3-8-6-13(2,19-11(8)17)12(18)16-10-5-4-9(14)7-15-10/h4-5,7-8H,3,6H2,1-2H3,(H,15,16,18)/t8-,13+/m0/s1. The highest BCUT2D eigenvalue weighted by Crippen LogP contribution is 2.33. The molecule has 0 bridgehead atoms. The van der Waals surface area contributed by atoms with Gasteiger partial charge in [-0.3, -0.25) is 9.59 Å². The monoisotopic (exact) mass is 282 g/mol. The zero-order valence-corrected chi connectivity index (χ0v) is 11.5. The van der Waals surface area contributed by atoms with E-state index in [4.69, 9.17) is 16.3 Å². The quantitative estimate of drug-likeness (QED) is 0.865. The Hall–Kier alpha value is -1.62. The summed E-state index contributed by atoms with van der Waals surface area (Å²) in [6.45, 7) is 3.52. The van der Waals surface area contributed by atoms with Crippen LogP contribution in [0.1, 0.15) is 26.7 Å². The first-order valence-corrected chi connectivity index (χ1v) is 6.48. The summed E-state index contributed by atoms with van der Waals surface area (Å²) in [7, 11) is 0. The van der Waals surface area contributed by atoms with Gasteiger partial charge in [-0.25, -0.2) is 4.98 Å². The number of pyridine rings is 1. The number of halogens is 1. The number of carbonyl (C=O) groups excluding carboxylic acids is 2. The molecule has 0 unspecified atom stereocenters. The molecule has 1 aromatic heterocycles. The molecule has 1 aliphatic heterocycles. The summed E-state index contributed by atoms with van der Waals surface area (Å²) >= 11 is 5.72. The summed E-state index contributed by atoms with van der Waals surface area (Å²) in [5, 5.41) is 3.12. The van der Waals surface area contributed by atoms with Crippen molar-refractivity contribution in [1.29, 1.82) is 0 Å². The van der Waals surface area contributed by atoms with E-state index in [2.05, 4.69) is 10.3 Å². The average Bonchev–Trinajstić information content (AvgIpc) is 2.68. The molecule has 19 heavy (non-hydrogen) atoms. The van der Waals surface area contributed by atoms with Gasteiger partial charge < -0.3 is 10.1 Å². The molecule has 6 heteroatoms. The van der Waals surface area contributed by atoms with Gasteiger partial charge in [-0.05, 0) is 25.5 Å². The van der Waals surface area contributed by atoms with Gasteiger partial charge in [0.25, 0.3) is 5.91 Å². The zero-order valence-electron chi connectivity index (χ0n) is 10.8. The van der Waals surface area contributed by atoms with E-state index in [-0.39, 0.29) is 17.8 Å². The number of anilines is 1. The van der Waals surface area contributed by atoms with Gasteiger partial charge >= 0.3 is 5.97 Å². The molecule has 5 nitrogen and oxygen atoms in total. The Labute approximate surface area is 116 Å². The number of hydrogen-bond donors (Lipinski definition) is 1. The van der Waals surface area contributed by atoms with Gasteiger partial charge in [-0.1, -0.05) is 18.5 Å². The molecule has 0 radical (unpaired) electrons. The molecule has 0 saturated carbocycles. The van der Waals surface area contributed by atoms with Crippen molar-refractivity contribution in [2.24, 2.45) is 5.92 Å². The Kier molecular flexibility index (Phi) is 3.75. The summed E-state index contributed by atoms with van der Waals surface area (Å²) in [6, 6.07) is 3.22. The highest BCUT2D eigenvalue weighted by Gasteiger charge is 2.48. The zero-order chi connectivity index (χ0) is 14.0. The predicted octanol–water partition coefficient (Wildman–Crippen LogP) is 2.41. The molecule has 0 aliphatic carbocycles. The lowest BCUT2D eigenvalue weighted by atomic mass is 9.93. The lowest BCUT2D eigenvalue weighted by Crippen LogP contribution is -2.40. The number of carbonyl (C=O) groups is 2. The number of cyclic esters (lactones) is 1. The molecule has 2 rings (SSSR count). The minimum Gasteiger partial charge on any atom is -0.449 e. The Morgan fingerprint density at radius 3 is 2.89 bits per heavy atom. The molecule has 1 saturated heterocycles. The van der Waals surface area contributed by atoms with Crippen molar-refractivity contribution in [3.05, 3.63) is 23.4 Å². The summed E-state index contributed by atoms with van der Waals surface area (Å²) in [6.07, 6.45) is 2.50. The van der Waals surface area contributed by atoms with E-state index in [9.17, 15) is 9.59 Å². The van der Waals surface area contributed by atoms with Crippen LogP contribution in [0.3, 0.4) is 0 Å². The van der Waals surface area contributed by atoms with Gasteiger partial charge in [-0.15, -0.1) is 0 Å². The normalized spacial score (nSPS) is 26.1. The van der Waals surface area contributed by atoms with E-state index >= 15 is 0 Å². The molecule has 2 atom stereocenters. The largest absolute Gasteiger partial charge is 0.449 e. The van der Waals surface area contributed by atoms with E-state index < -0.39 is 5.60 Å². The Balaban J connectivity index is 2.08. The fourth-order valence-electron chi connectivity index (χ4n) is 2.05. The first-order chi connectivity index (χ1) is 8.94. The predicted molar refractivity (Wildman–Crippen MR) is 70.8 cm³/mol. The van der Waals surface area contributed by atoms with Crippen molar-refractivity contribution in [2.75, 3.05) is 5.32 Å². The van der Waals surface area contributed by atoms with E-state index in [0.717, 1.165) is 0 Å². The molecular weight excluding hydrogens is 268 g/mol. The number of amides is 1. The van der Waals surface area contributed by atoms with Crippen molar-refractivity contribution < 1.29 is 14.3 Å². The number of rotatable bonds is 3. The maximum Gasteiger partial charge on any atom is 0.310 e. The Bertz CT molecular complexity index is 503. The SMILES string of the molecule is CC[C@H]1C[C@](C)(C(=O)Nc2ccc(Cl)cn2)OC1=O. The number of esters is 1. The van der Waals surface area contributed by atoms with Crippen LogP contribution in [0.25, 0.3) is 0 Å². The Morgan fingerprint density at radius 2 is 2.37 bits per heavy atom. The second-order valence-electron chi connectivity index (χ2n) is 4.78. The van der Waals surface area contributed by atoms with Crippen molar-refractivity contribution in [2.45, 2.75) is 32.3 Å². The maximum atomic E-state index is 12.2. The molecule has 0 aromatic carbocycles. The smallest absolute Gasteiger partial charge is 0.310 e. The molecule has 1 fully saturated rings. The van der Waals surface area contributed by atoms with E-state index in [1.807, 2.05) is 6.92 Å². The number of nitrogens with one attached hydrogen (secondary N) is 1. The van der Waals surface area contributed by atoms with Crippen LogP contribution in [0.2, 0.25) is 5.02 Å². The van der Waals surface area contributed by atoms with Crippen molar-refractivity contribution in [3.8, 4) is 0 Å². The molecule has 1 aliphatic rings. The van der Waals surface area contributed by atoms with Crippen molar-refractivity contribution in [3.63, 3.8) is 0 Å². The minimum atomic E-state index is -1.13. The van der Waals surface area contributed by atoms with Gasteiger partial charge in [-0.2, -0.15) is 0 Å². The van der Waals surface area contributed by atoms with Crippen LogP contribution in [-0.4, -0.2) is 22.5 Å². The number of hydrogen-bond acceptors (Lipinski definition) is 4. The maximum absolute atomic E-state index is 12.2. The second kappa shape index (κ2) is 5.17. The van der Waals surface area contributed by atoms with E-state index in [1.54, 1.807) is 19.1 Å². The summed E-state index contributed by atoms with van der Waals surface area (Å²) in [5.41, 5.74) is -1.13. The fraction of sp³-hybridized carbons (Fsp3) is 0.462. The Morgan fingerprint density at radius 1 is 1.63 bits per heavy atom. The molecule has 1 aromatic rings.